The molecular formula is C12H13ClN2O3. The number of carbonyl (C=O) groups excluding carboxylic acids is 1. The first kappa shape index (κ1) is 14.1. The van der Waals surface area contributed by atoms with Crippen molar-refractivity contribution in [2.45, 2.75) is 6.92 Å². The number of rotatable bonds is 4. The van der Waals surface area contributed by atoms with Crippen LogP contribution in [-0.4, -0.2) is 23.7 Å². The quantitative estimate of drug-likeness (QED) is 0.735. The van der Waals surface area contributed by atoms with E-state index in [1.54, 1.807) is 6.92 Å². The molecule has 0 aliphatic carbocycles. The summed E-state index contributed by atoms with van der Waals surface area (Å²) in [6.45, 7) is 5.81. The number of aromatic carboxylic acids is 1. The third-order valence-corrected chi connectivity index (χ3v) is 2.32. The van der Waals surface area contributed by atoms with Crippen LogP contribution < -0.4 is 10.6 Å². The molecule has 1 aromatic carbocycles. The van der Waals surface area contributed by atoms with Crippen molar-refractivity contribution in [1.29, 1.82) is 0 Å². The van der Waals surface area contributed by atoms with E-state index in [9.17, 15) is 9.59 Å². The van der Waals surface area contributed by atoms with E-state index in [0.717, 1.165) is 5.57 Å². The van der Waals surface area contributed by atoms with Gasteiger partial charge in [-0.1, -0.05) is 23.8 Å². The minimum Gasteiger partial charge on any atom is -0.478 e. The summed E-state index contributed by atoms with van der Waals surface area (Å²) in [5.41, 5.74) is 1.23. The van der Waals surface area contributed by atoms with E-state index in [0.29, 0.717) is 12.2 Å². The fourth-order valence-corrected chi connectivity index (χ4v) is 1.43. The molecule has 0 bridgehead atoms. The fraction of sp³-hybridized carbons (Fsp3) is 0.167. The summed E-state index contributed by atoms with van der Waals surface area (Å²) in [5.74, 6) is -1.11. The van der Waals surface area contributed by atoms with E-state index in [1.807, 2.05) is 0 Å². The van der Waals surface area contributed by atoms with Crippen LogP contribution in [0.5, 0.6) is 0 Å². The standard InChI is InChI=1S/C12H13ClN2O3/c1-7(2)6-14-12(18)15-8-3-4-9(11(16)17)10(13)5-8/h3-5H,1,6H2,2H3,(H,16,17)(H2,14,15,18). The van der Waals surface area contributed by atoms with E-state index in [2.05, 4.69) is 17.2 Å². The summed E-state index contributed by atoms with van der Waals surface area (Å²) in [6, 6.07) is 3.78. The average Bonchev–Trinajstić information content (AvgIpc) is 2.26. The van der Waals surface area contributed by atoms with Gasteiger partial charge in [0.25, 0.3) is 0 Å². The van der Waals surface area contributed by atoms with Gasteiger partial charge in [0, 0.05) is 12.2 Å². The highest BCUT2D eigenvalue weighted by molar-refractivity contribution is 6.33. The number of halogens is 1. The maximum atomic E-state index is 11.4. The number of carbonyl (C=O) groups is 2. The van der Waals surface area contributed by atoms with Crippen LogP contribution in [0.15, 0.2) is 30.4 Å². The number of hydrogen-bond donors (Lipinski definition) is 3. The van der Waals surface area contributed by atoms with Crippen LogP contribution in [0.2, 0.25) is 5.02 Å². The Balaban J connectivity index is 2.69. The second-order valence-electron chi connectivity index (χ2n) is 3.76. The highest BCUT2D eigenvalue weighted by Crippen LogP contribution is 2.20. The fourth-order valence-electron chi connectivity index (χ4n) is 1.17. The molecule has 0 unspecified atom stereocenters. The molecule has 1 rings (SSSR count). The van der Waals surface area contributed by atoms with Crippen molar-refractivity contribution in [2.75, 3.05) is 11.9 Å². The van der Waals surface area contributed by atoms with Crippen molar-refractivity contribution in [1.82, 2.24) is 5.32 Å². The smallest absolute Gasteiger partial charge is 0.337 e. The van der Waals surface area contributed by atoms with Crippen molar-refractivity contribution < 1.29 is 14.7 Å². The number of urea groups is 1. The van der Waals surface area contributed by atoms with Gasteiger partial charge in [0.05, 0.1) is 10.6 Å². The SMILES string of the molecule is C=C(C)CNC(=O)Nc1ccc(C(=O)O)c(Cl)c1. The Labute approximate surface area is 109 Å². The molecule has 3 N–H and O–H groups in total. The molecule has 0 radical (unpaired) electrons. The third kappa shape index (κ3) is 4.10. The van der Waals surface area contributed by atoms with Crippen LogP contribution in [0, 0.1) is 0 Å². The molecule has 0 atom stereocenters. The van der Waals surface area contributed by atoms with E-state index in [4.69, 9.17) is 16.7 Å². The normalized spacial score (nSPS) is 9.67. The summed E-state index contributed by atoms with van der Waals surface area (Å²) in [4.78, 5) is 22.2. The topological polar surface area (TPSA) is 78.4 Å². The van der Waals surface area contributed by atoms with Crippen molar-refractivity contribution in [3.8, 4) is 0 Å². The number of hydrogen-bond acceptors (Lipinski definition) is 2. The predicted octanol–water partition coefficient (Wildman–Crippen LogP) is 2.74. The molecule has 0 aliphatic heterocycles. The lowest BCUT2D eigenvalue weighted by Gasteiger charge is -2.08. The van der Waals surface area contributed by atoms with Gasteiger partial charge in [-0.05, 0) is 25.1 Å². The van der Waals surface area contributed by atoms with Gasteiger partial charge in [-0.15, -0.1) is 0 Å². The number of nitrogens with one attached hydrogen (secondary N) is 2. The Hall–Kier alpha value is -2.01. The van der Waals surface area contributed by atoms with Gasteiger partial charge in [-0.25, -0.2) is 9.59 Å². The zero-order chi connectivity index (χ0) is 13.7. The summed E-state index contributed by atoms with van der Waals surface area (Å²) >= 11 is 5.77. The minimum absolute atomic E-state index is 0.00967. The molecule has 0 aromatic heterocycles. The number of carboxylic acid groups (broad SMARTS) is 1. The maximum absolute atomic E-state index is 11.4. The first-order chi connectivity index (χ1) is 8.40. The summed E-state index contributed by atoms with van der Waals surface area (Å²) in [5, 5.41) is 14.0. The molecule has 0 saturated heterocycles. The zero-order valence-electron chi connectivity index (χ0n) is 9.79. The van der Waals surface area contributed by atoms with Crippen LogP contribution in [0.1, 0.15) is 17.3 Å². The highest BCUT2D eigenvalue weighted by Gasteiger charge is 2.09. The summed E-state index contributed by atoms with van der Waals surface area (Å²) in [6.07, 6.45) is 0. The van der Waals surface area contributed by atoms with Crippen LogP contribution >= 0.6 is 11.6 Å². The third-order valence-electron chi connectivity index (χ3n) is 2.01. The molecule has 2 amide bonds. The summed E-state index contributed by atoms with van der Waals surface area (Å²) < 4.78 is 0. The first-order valence-corrected chi connectivity index (χ1v) is 5.50. The van der Waals surface area contributed by atoms with Crippen molar-refractivity contribution in [2.24, 2.45) is 0 Å². The second kappa shape index (κ2) is 6.07. The Morgan fingerprint density at radius 2 is 2.11 bits per heavy atom. The Kier molecular flexibility index (Phi) is 4.74. The van der Waals surface area contributed by atoms with Crippen LogP contribution in [-0.2, 0) is 0 Å². The number of amides is 2. The summed E-state index contributed by atoms with van der Waals surface area (Å²) in [7, 11) is 0. The molecule has 5 nitrogen and oxygen atoms in total. The lowest BCUT2D eigenvalue weighted by Crippen LogP contribution is -2.29. The van der Waals surface area contributed by atoms with Gasteiger partial charge in [-0.3, -0.25) is 0 Å². The Morgan fingerprint density at radius 1 is 1.44 bits per heavy atom. The molecule has 0 spiro atoms. The molecular weight excluding hydrogens is 256 g/mol. The van der Waals surface area contributed by atoms with Gasteiger partial charge in [0.1, 0.15) is 0 Å². The Morgan fingerprint density at radius 3 is 2.61 bits per heavy atom. The molecule has 18 heavy (non-hydrogen) atoms. The Bertz CT molecular complexity index is 500. The van der Waals surface area contributed by atoms with Gasteiger partial charge < -0.3 is 15.7 Å². The van der Waals surface area contributed by atoms with E-state index in [-0.39, 0.29) is 10.6 Å². The van der Waals surface area contributed by atoms with Gasteiger partial charge in [0.15, 0.2) is 0 Å². The lowest BCUT2D eigenvalue weighted by atomic mass is 10.2. The molecule has 0 heterocycles. The molecule has 0 fully saturated rings. The van der Waals surface area contributed by atoms with E-state index < -0.39 is 12.0 Å². The number of anilines is 1. The average molecular weight is 269 g/mol. The molecule has 0 aliphatic rings. The number of carboxylic acids is 1. The van der Waals surface area contributed by atoms with Crippen molar-refractivity contribution >= 4 is 29.3 Å². The van der Waals surface area contributed by atoms with Crippen molar-refractivity contribution in [3.63, 3.8) is 0 Å². The molecule has 6 heteroatoms. The zero-order valence-corrected chi connectivity index (χ0v) is 10.5. The van der Waals surface area contributed by atoms with Crippen LogP contribution in [0.4, 0.5) is 10.5 Å². The highest BCUT2D eigenvalue weighted by atomic mass is 35.5. The molecule has 1 aromatic rings. The van der Waals surface area contributed by atoms with Crippen LogP contribution in [0.25, 0.3) is 0 Å². The lowest BCUT2D eigenvalue weighted by molar-refractivity contribution is 0.0697. The van der Waals surface area contributed by atoms with Gasteiger partial charge in [0.2, 0.25) is 0 Å². The van der Waals surface area contributed by atoms with E-state index >= 15 is 0 Å². The monoisotopic (exact) mass is 268 g/mol. The minimum atomic E-state index is -1.11. The molecule has 96 valence electrons. The van der Waals surface area contributed by atoms with Crippen LogP contribution in [0.3, 0.4) is 0 Å². The van der Waals surface area contributed by atoms with Crippen molar-refractivity contribution in [3.05, 3.63) is 40.9 Å². The van der Waals surface area contributed by atoms with Gasteiger partial charge >= 0.3 is 12.0 Å². The van der Waals surface area contributed by atoms with E-state index in [1.165, 1.54) is 18.2 Å². The number of benzene rings is 1. The molecule has 0 saturated carbocycles. The first-order valence-electron chi connectivity index (χ1n) is 5.12. The second-order valence-corrected chi connectivity index (χ2v) is 4.17. The van der Waals surface area contributed by atoms with Gasteiger partial charge in [-0.2, -0.15) is 0 Å². The maximum Gasteiger partial charge on any atom is 0.337 e. The predicted molar refractivity (Wildman–Crippen MR) is 70.2 cm³/mol. The largest absolute Gasteiger partial charge is 0.478 e.